The van der Waals surface area contributed by atoms with E-state index < -0.39 is 10.0 Å². The monoisotopic (exact) mass is 372 g/mol. The highest BCUT2D eigenvalue weighted by atomic mass is 32.2. The van der Waals surface area contributed by atoms with Gasteiger partial charge in [0.05, 0.1) is 18.0 Å². The first-order valence-corrected chi connectivity index (χ1v) is 10.6. The molecule has 6 heteroatoms. The van der Waals surface area contributed by atoms with Gasteiger partial charge in [0.25, 0.3) is 0 Å². The number of fused-ring (bicyclic) bond motifs is 1. The van der Waals surface area contributed by atoms with E-state index in [0.717, 1.165) is 41.0 Å². The molecule has 0 saturated carbocycles. The molecule has 0 unspecified atom stereocenters. The number of carbonyl (C=O) groups is 1. The number of anilines is 1. The van der Waals surface area contributed by atoms with Crippen LogP contribution in [0.1, 0.15) is 35.6 Å². The summed E-state index contributed by atoms with van der Waals surface area (Å²) in [5, 5.41) is 3.02. The van der Waals surface area contributed by atoms with Gasteiger partial charge in [-0.3, -0.25) is 9.10 Å². The van der Waals surface area contributed by atoms with E-state index in [4.69, 9.17) is 0 Å². The number of carbonyl (C=O) groups excluding carboxylic acids is 1. The van der Waals surface area contributed by atoms with Crippen LogP contribution in [-0.2, 0) is 21.2 Å². The molecule has 1 atom stereocenters. The number of hydrogen-bond acceptors (Lipinski definition) is 3. The average molecular weight is 372 g/mol. The van der Waals surface area contributed by atoms with Crippen LogP contribution in [0.4, 0.5) is 5.69 Å². The fourth-order valence-corrected chi connectivity index (χ4v) is 4.31. The number of amides is 1. The standard InChI is InChI=1S/C20H24N2O3S/c1-15-7-5-10-17(13-15)22(26(2,24)25)14-20(23)21-19-12-6-9-16-8-3-4-11-18(16)19/h3-5,7-8,10-11,13,19H,6,9,12,14H2,1-2H3,(H,21,23)/t19-/m1/s1. The molecular weight excluding hydrogens is 348 g/mol. The first-order chi connectivity index (χ1) is 12.3. The number of rotatable bonds is 5. The maximum atomic E-state index is 12.6. The highest BCUT2D eigenvalue weighted by Gasteiger charge is 2.25. The van der Waals surface area contributed by atoms with E-state index in [1.54, 1.807) is 18.2 Å². The minimum absolute atomic E-state index is 0.0635. The van der Waals surface area contributed by atoms with E-state index >= 15 is 0 Å². The van der Waals surface area contributed by atoms with Gasteiger partial charge < -0.3 is 5.32 Å². The van der Waals surface area contributed by atoms with E-state index in [2.05, 4.69) is 11.4 Å². The van der Waals surface area contributed by atoms with E-state index in [1.165, 1.54) is 5.56 Å². The van der Waals surface area contributed by atoms with Crippen LogP contribution < -0.4 is 9.62 Å². The molecule has 3 rings (SSSR count). The van der Waals surface area contributed by atoms with Crippen molar-refractivity contribution in [2.45, 2.75) is 32.2 Å². The molecular formula is C20H24N2O3S. The molecule has 0 spiro atoms. The lowest BCUT2D eigenvalue weighted by molar-refractivity contribution is -0.120. The minimum Gasteiger partial charge on any atom is -0.348 e. The summed E-state index contributed by atoms with van der Waals surface area (Å²) in [6.45, 7) is 1.67. The second-order valence-electron chi connectivity index (χ2n) is 6.82. The zero-order valence-corrected chi connectivity index (χ0v) is 15.9. The summed E-state index contributed by atoms with van der Waals surface area (Å²) >= 11 is 0. The molecule has 5 nitrogen and oxygen atoms in total. The Hall–Kier alpha value is -2.34. The smallest absolute Gasteiger partial charge is 0.241 e. The van der Waals surface area contributed by atoms with Gasteiger partial charge in [-0.2, -0.15) is 0 Å². The third-order valence-corrected chi connectivity index (χ3v) is 5.82. The minimum atomic E-state index is -3.56. The Morgan fingerprint density at radius 1 is 1.19 bits per heavy atom. The molecule has 1 aliphatic carbocycles. The molecule has 26 heavy (non-hydrogen) atoms. The van der Waals surface area contributed by atoms with Crippen molar-refractivity contribution in [3.05, 3.63) is 65.2 Å². The lowest BCUT2D eigenvalue weighted by atomic mass is 9.88. The van der Waals surface area contributed by atoms with E-state index in [-0.39, 0.29) is 18.5 Å². The van der Waals surface area contributed by atoms with E-state index in [9.17, 15) is 13.2 Å². The third kappa shape index (κ3) is 4.25. The van der Waals surface area contributed by atoms with Crippen molar-refractivity contribution in [2.75, 3.05) is 17.1 Å². The van der Waals surface area contributed by atoms with Crippen LogP contribution in [0.15, 0.2) is 48.5 Å². The van der Waals surface area contributed by atoms with Gasteiger partial charge in [0.2, 0.25) is 15.9 Å². The predicted octanol–water partition coefficient (Wildman–Crippen LogP) is 2.95. The summed E-state index contributed by atoms with van der Waals surface area (Å²) in [7, 11) is -3.56. The molecule has 0 saturated heterocycles. The molecule has 2 aromatic rings. The summed E-state index contributed by atoms with van der Waals surface area (Å²) in [6.07, 6.45) is 4.02. The van der Waals surface area contributed by atoms with Crippen molar-refractivity contribution in [1.29, 1.82) is 0 Å². The Morgan fingerprint density at radius 3 is 2.69 bits per heavy atom. The molecule has 0 radical (unpaired) electrons. The number of benzene rings is 2. The van der Waals surface area contributed by atoms with E-state index in [1.807, 2.05) is 31.2 Å². The van der Waals surface area contributed by atoms with Crippen LogP contribution >= 0.6 is 0 Å². The second-order valence-corrected chi connectivity index (χ2v) is 8.73. The molecule has 1 amide bonds. The fraction of sp³-hybridized carbons (Fsp3) is 0.350. The third-order valence-electron chi connectivity index (χ3n) is 4.68. The predicted molar refractivity (Wildman–Crippen MR) is 104 cm³/mol. The van der Waals surface area contributed by atoms with Crippen molar-refractivity contribution < 1.29 is 13.2 Å². The number of nitrogens with zero attached hydrogens (tertiary/aromatic N) is 1. The molecule has 0 aromatic heterocycles. The van der Waals surface area contributed by atoms with Crippen molar-refractivity contribution in [3.8, 4) is 0 Å². The first kappa shape index (κ1) is 18.5. The maximum absolute atomic E-state index is 12.6. The Kier molecular flexibility index (Phi) is 5.32. The van der Waals surface area contributed by atoms with Crippen molar-refractivity contribution >= 4 is 21.6 Å². The zero-order valence-electron chi connectivity index (χ0n) is 15.1. The number of aryl methyl sites for hydroxylation is 2. The molecule has 0 heterocycles. The number of sulfonamides is 1. The highest BCUT2D eigenvalue weighted by molar-refractivity contribution is 7.92. The SMILES string of the molecule is Cc1cccc(N(CC(=O)N[C@@H]2CCCc3ccccc32)S(C)(=O)=O)c1. The molecule has 0 fully saturated rings. The van der Waals surface area contributed by atoms with E-state index in [0.29, 0.717) is 5.69 Å². The molecule has 138 valence electrons. The van der Waals surface area contributed by atoms with Crippen LogP contribution in [0.5, 0.6) is 0 Å². The van der Waals surface area contributed by atoms with Crippen LogP contribution in [0.25, 0.3) is 0 Å². The van der Waals surface area contributed by atoms with Gasteiger partial charge in [-0.15, -0.1) is 0 Å². The second kappa shape index (κ2) is 7.50. The molecule has 0 aliphatic heterocycles. The Morgan fingerprint density at radius 2 is 1.96 bits per heavy atom. The van der Waals surface area contributed by atoms with Gasteiger partial charge in [-0.1, -0.05) is 36.4 Å². The zero-order chi connectivity index (χ0) is 18.7. The van der Waals surface area contributed by atoms with Crippen molar-refractivity contribution in [1.82, 2.24) is 5.32 Å². The summed E-state index contributed by atoms with van der Waals surface area (Å²) in [4.78, 5) is 12.6. The van der Waals surface area contributed by atoms with Crippen molar-refractivity contribution in [2.24, 2.45) is 0 Å². The quantitative estimate of drug-likeness (QED) is 0.877. The van der Waals surface area contributed by atoms with Gasteiger partial charge >= 0.3 is 0 Å². The number of hydrogen-bond donors (Lipinski definition) is 1. The lowest BCUT2D eigenvalue weighted by Gasteiger charge is -2.28. The molecule has 0 bridgehead atoms. The molecule has 1 N–H and O–H groups in total. The Bertz CT molecular complexity index is 909. The lowest BCUT2D eigenvalue weighted by Crippen LogP contribution is -2.42. The van der Waals surface area contributed by atoms with Crippen molar-refractivity contribution in [3.63, 3.8) is 0 Å². The normalized spacial score (nSPS) is 16.6. The average Bonchev–Trinajstić information content (AvgIpc) is 2.59. The van der Waals surface area contributed by atoms with Gasteiger partial charge in [-0.25, -0.2) is 8.42 Å². The fourth-order valence-electron chi connectivity index (χ4n) is 3.46. The number of nitrogens with one attached hydrogen (secondary N) is 1. The van der Waals surface area contributed by atoms with Gasteiger partial charge in [0, 0.05) is 0 Å². The molecule has 2 aromatic carbocycles. The van der Waals surface area contributed by atoms with Crippen LogP contribution in [-0.4, -0.2) is 27.1 Å². The first-order valence-electron chi connectivity index (χ1n) is 8.76. The Balaban J connectivity index is 1.77. The summed E-state index contributed by atoms with van der Waals surface area (Å²) in [5.74, 6) is -0.293. The van der Waals surface area contributed by atoms with Crippen LogP contribution in [0.2, 0.25) is 0 Å². The largest absolute Gasteiger partial charge is 0.348 e. The van der Waals surface area contributed by atoms with Gasteiger partial charge in [-0.05, 0) is 55.0 Å². The summed E-state index contributed by atoms with van der Waals surface area (Å²) in [6, 6.07) is 15.2. The van der Waals surface area contributed by atoms with Crippen LogP contribution in [0.3, 0.4) is 0 Å². The summed E-state index contributed by atoms with van der Waals surface area (Å²) in [5.41, 5.74) is 3.83. The Labute approximate surface area is 155 Å². The van der Waals surface area contributed by atoms with Crippen LogP contribution in [0, 0.1) is 6.92 Å². The molecule has 1 aliphatic rings. The topological polar surface area (TPSA) is 66.5 Å². The maximum Gasteiger partial charge on any atom is 0.241 e. The van der Waals surface area contributed by atoms with Gasteiger partial charge in [0.15, 0.2) is 0 Å². The highest BCUT2D eigenvalue weighted by Crippen LogP contribution is 2.29. The van der Waals surface area contributed by atoms with Gasteiger partial charge in [0.1, 0.15) is 6.54 Å². The summed E-state index contributed by atoms with van der Waals surface area (Å²) < 4.78 is 25.6.